The van der Waals surface area contributed by atoms with E-state index in [0.717, 1.165) is 5.56 Å². The van der Waals surface area contributed by atoms with Crippen molar-refractivity contribution in [1.82, 2.24) is 0 Å². The summed E-state index contributed by atoms with van der Waals surface area (Å²) in [5.74, 6) is -1.11. The number of aryl methyl sites for hydroxylation is 1. The Kier molecular flexibility index (Phi) is 4.11. The molecule has 0 radical (unpaired) electrons. The van der Waals surface area contributed by atoms with E-state index >= 15 is 0 Å². The maximum Gasteiger partial charge on any atom is 0.335 e. The highest BCUT2D eigenvalue weighted by Crippen LogP contribution is 2.29. The summed E-state index contributed by atoms with van der Waals surface area (Å²) in [6.07, 6.45) is 0. The molecule has 0 fully saturated rings. The van der Waals surface area contributed by atoms with Gasteiger partial charge in [0.25, 0.3) is 0 Å². The number of aromatic carboxylic acids is 1. The van der Waals surface area contributed by atoms with Crippen LogP contribution >= 0.6 is 0 Å². The third kappa shape index (κ3) is 2.68. The third-order valence-electron chi connectivity index (χ3n) is 3.77. The van der Waals surface area contributed by atoms with E-state index in [1.54, 1.807) is 12.1 Å². The van der Waals surface area contributed by atoms with Gasteiger partial charge in [-0.2, -0.15) is 0 Å². The van der Waals surface area contributed by atoms with Crippen molar-refractivity contribution >= 4 is 39.1 Å². The fourth-order valence-corrected chi connectivity index (χ4v) is 3.75. The van der Waals surface area contributed by atoms with Gasteiger partial charge in [0.2, 0.25) is 5.43 Å². The Morgan fingerprint density at radius 2 is 1.92 bits per heavy atom. The summed E-state index contributed by atoms with van der Waals surface area (Å²) >= 11 is -1.31. The molecule has 0 aliphatic carbocycles. The molecular weight excluding hydrogens is 328 g/mol. The van der Waals surface area contributed by atoms with Gasteiger partial charge in [-0.15, -0.1) is 0 Å². The molecule has 124 valence electrons. The van der Waals surface area contributed by atoms with Crippen molar-refractivity contribution in [1.29, 1.82) is 0 Å². The van der Waals surface area contributed by atoms with Crippen LogP contribution in [0.25, 0.3) is 21.9 Å². The van der Waals surface area contributed by atoms with Crippen molar-refractivity contribution in [2.75, 3.05) is 0 Å². The van der Waals surface area contributed by atoms with Crippen molar-refractivity contribution in [2.24, 2.45) is 0 Å². The molecule has 1 atom stereocenters. The van der Waals surface area contributed by atoms with Gasteiger partial charge in [-0.1, -0.05) is 0 Å². The summed E-state index contributed by atoms with van der Waals surface area (Å²) in [5.41, 5.74) is 1.08. The Morgan fingerprint density at radius 3 is 2.54 bits per heavy atom. The predicted molar refractivity (Wildman–Crippen MR) is 93.2 cm³/mol. The van der Waals surface area contributed by atoms with E-state index in [-0.39, 0.29) is 27.2 Å². The SMILES string of the molecule is Cc1cc([S+]([O-])C(C)C)c2oc3ccc(C(=O)O)cc3c(=O)c2c1. The van der Waals surface area contributed by atoms with E-state index in [1.807, 2.05) is 20.8 Å². The van der Waals surface area contributed by atoms with Crippen LogP contribution in [0.2, 0.25) is 0 Å². The molecule has 0 spiro atoms. The number of rotatable bonds is 3. The van der Waals surface area contributed by atoms with Crippen LogP contribution < -0.4 is 5.43 Å². The molecular formula is C18H16O5S. The van der Waals surface area contributed by atoms with Gasteiger partial charge in [0.1, 0.15) is 10.8 Å². The van der Waals surface area contributed by atoms with Gasteiger partial charge >= 0.3 is 5.97 Å². The normalized spacial score (nSPS) is 12.9. The van der Waals surface area contributed by atoms with Gasteiger partial charge in [-0.25, -0.2) is 4.79 Å². The second kappa shape index (κ2) is 5.96. The number of fused-ring (bicyclic) bond motifs is 2. The monoisotopic (exact) mass is 344 g/mol. The Balaban J connectivity index is 2.43. The largest absolute Gasteiger partial charge is 0.611 e. The fourth-order valence-electron chi connectivity index (χ4n) is 2.60. The molecule has 5 nitrogen and oxygen atoms in total. The molecule has 1 aromatic heterocycles. The maximum absolute atomic E-state index is 12.8. The molecule has 2 aromatic carbocycles. The topological polar surface area (TPSA) is 90.6 Å². The van der Waals surface area contributed by atoms with E-state index in [1.165, 1.54) is 18.2 Å². The Morgan fingerprint density at radius 1 is 1.21 bits per heavy atom. The zero-order valence-corrected chi connectivity index (χ0v) is 14.3. The number of carbonyl (C=O) groups is 1. The highest BCUT2D eigenvalue weighted by Gasteiger charge is 2.23. The molecule has 3 aromatic rings. The van der Waals surface area contributed by atoms with Crippen molar-refractivity contribution in [3.8, 4) is 0 Å². The molecule has 24 heavy (non-hydrogen) atoms. The predicted octanol–water partition coefficient (Wildman–Crippen LogP) is 3.47. The zero-order valence-electron chi connectivity index (χ0n) is 13.5. The van der Waals surface area contributed by atoms with Crippen LogP contribution in [0.15, 0.2) is 44.4 Å². The lowest BCUT2D eigenvalue weighted by Crippen LogP contribution is -2.16. The average Bonchev–Trinajstić information content (AvgIpc) is 2.54. The molecule has 0 aliphatic heterocycles. The van der Waals surface area contributed by atoms with Crippen molar-refractivity contribution < 1.29 is 18.9 Å². The average molecular weight is 344 g/mol. The van der Waals surface area contributed by atoms with Crippen LogP contribution in [0.1, 0.15) is 29.8 Å². The molecule has 0 bridgehead atoms. The molecule has 1 unspecified atom stereocenters. The smallest absolute Gasteiger partial charge is 0.335 e. The molecule has 6 heteroatoms. The molecule has 0 aliphatic rings. The van der Waals surface area contributed by atoms with Crippen LogP contribution in [0.4, 0.5) is 0 Å². The number of benzene rings is 2. The first-order valence-electron chi connectivity index (χ1n) is 7.44. The Labute approximate surface area is 141 Å². The fraction of sp³-hybridized carbons (Fsp3) is 0.222. The lowest BCUT2D eigenvalue weighted by molar-refractivity contribution is 0.0697. The van der Waals surface area contributed by atoms with Crippen LogP contribution in [-0.2, 0) is 11.2 Å². The first-order chi connectivity index (χ1) is 11.3. The molecule has 0 saturated carbocycles. The van der Waals surface area contributed by atoms with E-state index in [9.17, 15) is 14.1 Å². The summed E-state index contributed by atoms with van der Waals surface area (Å²) in [4.78, 5) is 24.4. The molecule has 0 saturated heterocycles. The highest BCUT2D eigenvalue weighted by atomic mass is 32.2. The van der Waals surface area contributed by atoms with Crippen molar-refractivity contribution in [3.05, 3.63) is 51.7 Å². The summed E-state index contributed by atoms with van der Waals surface area (Å²) in [5, 5.41) is 9.49. The maximum atomic E-state index is 12.8. The minimum absolute atomic E-state index is 0.0211. The van der Waals surface area contributed by atoms with Gasteiger partial charge in [-0.05, 0) is 61.8 Å². The van der Waals surface area contributed by atoms with Gasteiger partial charge in [0.05, 0.1) is 16.3 Å². The van der Waals surface area contributed by atoms with Gasteiger partial charge in [0.15, 0.2) is 10.5 Å². The van der Waals surface area contributed by atoms with E-state index in [4.69, 9.17) is 9.52 Å². The number of hydrogen-bond acceptors (Lipinski definition) is 4. The van der Waals surface area contributed by atoms with Gasteiger partial charge in [0, 0.05) is 6.07 Å². The summed E-state index contributed by atoms with van der Waals surface area (Å²) in [6, 6.07) is 7.59. The molecule has 0 amide bonds. The van der Waals surface area contributed by atoms with Crippen molar-refractivity contribution in [3.63, 3.8) is 0 Å². The summed E-state index contributed by atoms with van der Waals surface area (Å²) in [7, 11) is 0. The molecule has 3 rings (SSSR count). The number of carboxylic acid groups (broad SMARTS) is 1. The third-order valence-corrected chi connectivity index (χ3v) is 5.36. The van der Waals surface area contributed by atoms with Crippen LogP contribution in [0.3, 0.4) is 0 Å². The lowest BCUT2D eigenvalue weighted by atomic mass is 10.1. The Hall–Kier alpha value is -2.31. The van der Waals surface area contributed by atoms with Crippen LogP contribution in [0, 0.1) is 6.92 Å². The first-order valence-corrected chi connectivity index (χ1v) is 8.66. The standard InChI is InChI=1S/C18H16O5S/c1-9(2)24(22)15-7-10(3)6-13-16(19)12-8-11(18(20)21)4-5-14(12)23-17(13)15/h4-9H,1-3H3,(H,20,21). The minimum Gasteiger partial charge on any atom is -0.611 e. The van der Waals surface area contributed by atoms with Crippen LogP contribution in [0.5, 0.6) is 0 Å². The highest BCUT2D eigenvalue weighted by molar-refractivity contribution is 7.92. The number of hydrogen-bond donors (Lipinski definition) is 1. The van der Waals surface area contributed by atoms with Crippen LogP contribution in [-0.4, -0.2) is 20.9 Å². The molecule has 1 heterocycles. The van der Waals surface area contributed by atoms with E-state index in [0.29, 0.717) is 15.9 Å². The Bertz CT molecular complexity index is 1020. The van der Waals surface area contributed by atoms with E-state index in [2.05, 4.69) is 0 Å². The zero-order chi connectivity index (χ0) is 17.6. The van der Waals surface area contributed by atoms with Gasteiger partial charge in [-0.3, -0.25) is 4.79 Å². The second-order valence-electron chi connectivity index (χ2n) is 5.93. The van der Waals surface area contributed by atoms with Crippen molar-refractivity contribution in [2.45, 2.75) is 30.9 Å². The minimum atomic E-state index is -1.31. The lowest BCUT2D eigenvalue weighted by Gasteiger charge is -2.16. The van der Waals surface area contributed by atoms with Gasteiger partial charge < -0.3 is 14.1 Å². The summed E-state index contributed by atoms with van der Waals surface area (Å²) < 4.78 is 18.4. The first kappa shape index (κ1) is 16.5. The van der Waals surface area contributed by atoms with E-state index < -0.39 is 17.1 Å². The summed E-state index contributed by atoms with van der Waals surface area (Å²) in [6.45, 7) is 5.49. The quantitative estimate of drug-likeness (QED) is 0.580. The number of carboxylic acids is 1. The molecule has 1 N–H and O–H groups in total. The second-order valence-corrected chi connectivity index (χ2v) is 7.91.